The minimum Gasteiger partial charge on any atom is -0.338 e. The topological polar surface area (TPSA) is 40.6 Å². The first-order valence-electron chi connectivity index (χ1n) is 6.62. The van der Waals surface area contributed by atoms with Gasteiger partial charge in [0.1, 0.15) is 5.78 Å². The van der Waals surface area contributed by atoms with Crippen molar-refractivity contribution in [2.75, 3.05) is 26.2 Å². The Morgan fingerprint density at radius 1 is 1.29 bits per heavy atom. The highest BCUT2D eigenvalue weighted by atomic mass is 16.2. The number of nitrogens with zero attached hydrogens (tertiary/aromatic N) is 2. The minimum absolute atomic E-state index is 0.00808. The summed E-state index contributed by atoms with van der Waals surface area (Å²) in [6, 6.07) is 0.0776. The quantitative estimate of drug-likeness (QED) is 0.718. The van der Waals surface area contributed by atoms with E-state index in [9.17, 15) is 9.59 Å². The monoisotopic (exact) mass is 238 g/mol. The Hall–Kier alpha value is -0.900. The standard InChI is InChI=1S/C13H22N2O2/c1-10-8-15(11(2)7-12(10)16)13(17)9-14-5-3-4-6-14/h10-11H,3-9H2,1-2H3. The van der Waals surface area contributed by atoms with Gasteiger partial charge in [-0.3, -0.25) is 14.5 Å². The molecule has 4 nitrogen and oxygen atoms in total. The van der Waals surface area contributed by atoms with Crippen LogP contribution in [0.4, 0.5) is 0 Å². The zero-order valence-electron chi connectivity index (χ0n) is 10.8. The number of likely N-dealkylation sites (tertiary alicyclic amines) is 2. The van der Waals surface area contributed by atoms with Crippen LogP contribution in [0.25, 0.3) is 0 Å². The second kappa shape index (κ2) is 5.17. The fourth-order valence-corrected chi connectivity index (χ4v) is 2.75. The first-order chi connectivity index (χ1) is 8.08. The summed E-state index contributed by atoms with van der Waals surface area (Å²) in [6.07, 6.45) is 2.93. The summed E-state index contributed by atoms with van der Waals surface area (Å²) in [5.74, 6) is 0.496. The first-order valence-corrected chi connectivity index (χ1v) is 6.62. The maximum absolute atomic E-state index is 12.2. The van der Waals surface area contributed by atoms with Gasteiger partial charge in [-0.25, -0.2) is 0 Å². The lowest BCUT2D eigenvalue weighted by Gasteiger charge is -2.36. The number of hydrogen-bond donors (Lipinski definition) is 0. The van der Waals surface area contributed by atoms with Crippen molar-refractivity contribution >= 4 is 11.7 Å². The molecular formula is C13H22N2O2. The van der Waals surface area contributed by atoms with Crippen LogP contribution < -0.4 is 0 Å². The molecule has 2 unspecified atom stereocenters. The van der Waals surface area contributed by atoms with E-state index in [0.29, 0.717) is 25.3 Å². The van der Waals surface area contributed by atoms with Gasteiger partial charge in [-0.1, -0.05) is 6.92 Å². The van der Waals surface area contributed by atoms with E-state index >= 15 is 0 Å². The molecule has 0 aromatic carbocycles. The van der Waals surface area contributed by atoms with Gasteiger partial charge in [0.15, 0.2) is 0 Å². The van der Waals surface area contributed by atoms with E-state index in [-0.39, 0.29) is 17.9 Å². The summed E-state index contributed by atoms with van der Waals surface area (Å²) in [5, 5.41) is 0. The van der Waals surface area contributed by atoms with Crippen molar-refractivity contribution in [3.05, 3.63) is 0 Å². The zero-order chi connectivity index (χ0) is 12.4. The Bertz CT molecular complexity index is 311. The summed E-state index contributed by atoms with van der Waals surface area (Å²) >= 11 is 0. The van der Waals surface area contributed by atoms with Crippen LogP contribution in [0.15, 0.2) is 0 Å². The lowest BCUT2D eigenvalue weighted by Crippen LogP contribution is -2.51. The van der Waals surface area contributed by atoms with Gasteiger partial charge in [-0.05, 0) is 32.9 Å². The molecule has 2 heterocycles. The largest absolute Gasteiger partial charge is 0.338 e. The molecule has 0 radical (unpaired) electrons. The Morgan fingerprint density at radius 3 is 2.59 bits per heavy atom. The van der Waals surface area contributed by atoms with Gasteiger partial charge in [-0.15, -0.1) is 0 Å². The highest BCUT2D eigenvalue weighted by Crippen LogP contribution is 2.19. The van der Waals surface area contributed by atoms with Crippen LogP contribution in [0, 0.1) is 5.92 Å². The van der Waals surface area contributed by atoms with Crippen LogP contribution in [0.2, 0.25) is 0 Å². The lowest BCUT2D eigenvalue weighted by molar-refractivity contribution is -0.140. The molecule has 0 aromatic rings. The molecule has 2 fully saturated rings. The molecule has 0 saturated carbocycles. The number of carbonyl (C=O) groups is 2. The Kier molecular flexibility index (Phi) is 3.82. The Labute approximate surface area is 103 Å². The Morgan fingerprint density at radius 2 is 1.94 bits per heavy atom. The number of amides is 1. The van der Waals surface area contributed by atoms with E-state index in [1.807, 2.05) is 18.7 Å². The third-order valence-electron chi connectivity index (χ3n) is 3.93. The predicted molar refractivity (Wildman–Crippen MR) is 65.6 cm³/mol. The van der Waals surface area contributed by atoms with Crippen molar-refractivity contribution in [2.24, 2.45) is 5.92 Å². The molecule has 2 aliphatic rings. The molecule has 2 atom stereocenters. The van der Waals surface area contributed by atoms with Gasteiger partial charge in [0, 0.05) is 24.9 Å². The zero-order valence-corrected chi connectivity index (χ0v) is 10.8. The molecule has 4 heteroatoms. The molecule has 0 aromatic heterocycles. The summed E-state index contributed by atoms with van der Waals surface area (Å²) in [4.78, 5) is 27.9. The molecule has 17 heavy (non-hydrogen) atoms. The molecular weight excluding hydrogens is 216 g/mol. The van der Waals surface area contributed by atoms with Gasteiger partial charge >= 0.3 is 0 Å². The molecule has 2 aliphatic heterocycles. The van der Waals surface area contributed by atoms with Crippen LogP contribution in [-0.2, 0) is 9.59 Å². The molecule has 0 spiro atoms. The highest BCUT2D eigenvalue weighted by molar-refractivity contribution is 5.86. The number of ketones is 1. The second-order valence-electron chi connectivity index (χ2n) is 5.45. The molecule has 0 bridgehead atoms. The molecule has 2 rings (SSSR count). The van der Waals surface area contributed by atoms with Gasteiger partial charge in [-0.2, -0.15) is 0 Å². The maximum Gasteiger partial charge on any atom is 0.237 e. The molecule has 96 valence electrons. The van der Waals surface area contributed by atoms with Crippen molar-refractivity contribution in [1.29, 1.82) is 0 Å². The fourth-order valence-electron chi connectivity index (χ4n) is 2.75. The van der Waals surface area contributed by atoms with Crippen LogP contribution in [0.5, 0.6) is 0 Å². The van der Waals surface area contributed by atoms with Crippen molar-refractivity contribution in [1.82, 2.24) is 9.80 Å². The van der Waals surface area contributed by atoms with Gasteiger partial charge in [0.2, 0.25) is 5.91 Å². The number of Topliss-reactive ketones (excluding diaryl/α,β-unsaturated/α-hetero) is 1. The van der Waals surface area contributed by atoms with Crippen molar-refractivity contribution < 1.29 is 9.59 Å². The average molecular weight is 238 g/mol. The van der Waals surface area contributed by atoms with E-state index < -0.39 is 0 Å². The predicted octanol–water partition coefficient (Wildman–Crippen LogP) is 0.908. The molecule has 0 N–H and O–H groups in total. The van der Waals surface area contributed by atoms with Gasteiger partial charge < -0.3 is 4.90 Å². The summed E-state index contributed by atoms with van der Waals surface area (Å²) < 4.78 is 0. The number of rotatable bonds is 2. The third kappa shape index (κ3) is 2.86. The second-order valence-corrected chi connectivity index (χ2v) is 5.45. The summed E-state index contributed by atoms with van der Waals surface area (Å²) in [5.41, 5.74) is 0. The molecule has 1 amide bonds. The lowest BCUT2D eigenvalue weighted by atomic mass is 9.93. The van der Waals surface area contributed by atoms with Crippen LogP contribution in [-0.4, -0.2) is 53.7 Å². The molecule has 2 saturated heterocycles. The SMILES string of the molecule is CC1CN(C(=O)CN2CCCC2)C(C)CC1=O. The van der Waals surface area contributed by atoms with E-state index in [4.69, 9.17) is 0 Å². The van der Waals surface area contributed by atoms with E-state index in [0.717, 1.165) is 13.1 Å². The summed E-state index contributed by atoms with van der Waals surface area (Å²) in [6.45, 7) is 7.12. The minimum atomic E-state index is 0.00808. The Balaban J connectivity index is 1.91. The fraction of sp³-hybridized carbons (Fsp3) is 0.846. The van der Waals surface area contributed by atoms with Crippen molar-refractivity contribution in [3.63, 3.8) is 0 Å². The van der Waals surface area contributed by atoms with E-state index in [1.165, 1.54) is 12.8 Å². The number of piperidine rings is 1. The van der Waals surface area contributed by atoms with Crippen molar-refractivity contribution in [2.45, 2.75) is 39.2 Å². The van der Waals surface area contributed by atoms with E-state index in [1.54, 1.807) is 0 Å². The van der Waals surface area contributed by atoms with E-state index in [2.05, 4.69) is 4.90 Å². The van der Waals surface area contributed by atoms with Gasteiger partial charge in [0.05, 0.1) is 6.54 Å². The number of carbonyl (C=O) groups excluding carboxylic acids is 2. The molecule has 0 aliphatic carbocycles. The smallest absolute Gasteiger partial charge is 0.237 e. The third-order valence-corrected chi connectivity index (χ3v) is 3.93. The average Bonchev–Trinajstić information content (AvgIpc) is 2.76. The van der Waals surface area contributed by atoms with Crippen LogP contribution in [0.3, 0.4) is 0 Å². The maximum atomic E-state index is 12.2. The first kappa shape index (κ1) is 12.6. The van der Waals surface area contributed by atoms with Crippen LogP contribution in [0.1, 0.15) is 33.1 Å². The summed E-state index contributed by atoms with van der Waals surface area (Å²) in [7, 11) is 0. The van der Waals surface area contributed by atoms with Crippen LogP contribution >= 0.6 is 0 Å². The van der Waals surface area contributed by atoms with Crippen molar-refractivity contribution in [3.8, 4) is 0 Å². The highest BCUT2D eigenvalue weighted by Gasteiger charge is 2.32. The normalized spacial score (nSPS) is 30.9. The number of hydrogen-bond acceptors (Lipinski definition) is 3. The van der Waals surface area contributed by atoms with Gasteiger partial charge in [0.25, 0.3) is 0 Å².